The number of halogens is 4. The number of benzene rings is 2. The molecule has 21 heavy (non-hydrogen) atoms. The van der Waals surface area contributed by atoms with Crippen molar-refractivity contribution in [1.82, 2.24) is 0 Å². The molecule has 0 aliphatic carbocycles. The predicted molar refractivity (Wildman–Crippen MR) is 73.4 cm³/mol. The second-order valence-corrected chi connectivity index (χ2v) is 7.35. The third-order valence-corrected chi connectivity index (χ3v) is 4.76. The Morgan fingerprint density at radius 3 is 1.86 bits per heavy atom. The first-order valence-corrected chi connectivity index (χ1v) is 7.95. The molecule has 114 valence electrons. The van der Waals surface area contributed by atoms with Crippen molar-refractivity contribution in [3.05, 3.63) is 66.2 Å². The fourth-order valence-electron chi connectivity index (χ4n) is 1.63. The first-order chi connectivity index (χ1) is 9.63. The van der Waals surface area contributed by atoms with Crippen LogP contribution in [0.3, 0.4) is 0 Å². The van der Waals surface area contributed by atoms with Gasteiger partial charge in [-0.2, -0.15) is 0 Å². The normalized spacial score (nSPS) is 14.9. The zero-order valence-corrected chi connectivity index (χ0v) is 11.5. The maximum absolute atomic E-state index is 13.9. The highest BCUT2D eigenvalue weighted by Gasteiger charge is 2.73. The van der Waals surface area contributed by atoms with Crippen molar-refractivity contribution >= 4 is 15.1 Å². The molecule has 0 aliphatic heterocycles. The second-order valence-electron chi connectivity index (χ2n) is 4.41. The van der Waals surface area contributed by atoms with E-state index >= 15 is 0 Å². The Kier molecular flexibility index (Phi) is 3.29. The van der Waals surface area contributed by atoms with Crippen LogP contribution in [-0.2, 0) is 11.3 Å². The van der Waals surface area contributed by atoms with Crippen molar-refractivity contribution in [1.29, 1.82) is 0 Å². The average Bonchev–Trinajstić information content (AvgIpc) is 2.46. The van der Waals surface area contributed by atoms with Gasteiger partial charge in [0.05, 0.1) is 4.90 Å². The molecule has 0 unspecified atom stereocenters. The Bertz CT molecular complexity index is 652. The largest absolute Gasteiger partial charge is 0.448 e. The maximum Gasteiger partial charge on any atom is 0.438 e. The van der Waals surface area contributed by atoms with E-state index in [2.05, 4.69) is 4.74 Å². The molecule has 0 N–H and O–H groups in total. The molecular formula is C14H12F4O2S. The van der Waals surface area contributed by atoms with Crippen LogP contribution in [0.25, 0.3) is 0 Å². The Balaban J connectivity index is 2.27. The quantitative estimate of drug-likeness (QED) is 0.528. The molecule has 0 saturated heterocycles. The van der Waals surface area contributed by atoms with Crippen molar-refractivity contribution in [2.24, 2.45) is 0 Å². The molecule has 2 aromatic carbocycles. The fraction of sp³-hybridized carbons (Fsp3) is 0.0714. The number of hydrogen-bond donors (Lipinski definition) is 0. The van der Waals surface area contributed by atoms with Crippen LogP contribution in [0.15, 0.2) is 65.6 Å². The Labute approximate surface area is 118 Å². The van der Waals surface area contributed by atoms with Gasteiger partial charge in [0.15, 0.2) is 0 Å². The average molecular weight is 320 g/mol. The van der Waals surface area contributed by atoms with Crippen molar-refractivity contribution in [2.75, 3.05) is 0 Å². The molecule has 0 heterocycles. The third-order valence-electron chi connectivity index (χ3n) is 2.75. The van der Waals surface area contributed by atoms with Crippen molar-refractivity contribution in [3.8, 4) is 0 Å². The SMILES string of the molecule is O=C(OCc1ccccc1)S(F)(F)(F)(F)c1ccccc1. The molecule has 0 aromatic heterocycles. The van der Waals surface area contributed by atoms with Crippen LogP contribution in [0.2, 0.25) is 0 Å². The number of rotatable bonds is 3. The summed E-state index contributed by atoms with van der Waals surface area (Å²) in [6, 6.07) is 12.1. The minimum atomic E-state index is -9.13. The lowest BCUT2D eigenvalue weighted by Crippen LogP contribution is -2.26. The van der Waals surface area contributed by atoms with Gasteiger partial charge in [-0.15, -0.1) is 15.5 Å². The van der Waals surface area contributed by atoms with Crippen LogP contribution in [0.1, 0.15) is 5.56 Å². The summed E-state index contributed by atoms with van der Waals surface area (Å²) in [5, 5.41) is -2.79. The molecule has 2 nitrogen and oxygen atoms in total. The van der Waals surface area contributed by atoms with E-state index in [1.165, 1.54) is 18.2 Å². The van der Waals surface area contributed by atoms with Crippen LogP contribution >= 0.6 is 9.84 Å². The highest BCUT2D eigenvalue weighted by Crippen LogP contribution is 3.01. The Morgan fingerprint density at radius 2 is 1.33 bits per heavy atom. The van der Waals surface area contributed by atoms with Crippen molar-refractivity contribution < 1.29 is 25.1 Å². The first-order valence-electron chi connectivity index (χ1n) is 5.90. The summed E-state index contributed by atoms with van der Waals surface area (Å²) in [7, 11) is -9.13. The van der Waals surface area contributed by atoms with Gasteiger partial charge >= 0.3 is 5.30 Å². The van der Waals surface area contributed by atoms with Gasteiger partial charge in [-0.25, -0.2) is 4.79 Å². The molecule has 0 spiro atoms. The molecule has 0 bridgehead atoms. The summed E-state index contributed by atoms with van der Waals surface area (Å²) in [4.78, 5) is 9.80. The van der Waals surface area contributed by atoms with E-state index in [-0.39, 0.29) is 0 Å². The zero-order valence-electron chi connectivity index (χ0n) is 10.7. The third kappa shape index (κ3) is 3.02. The van der Waals surface area contributed by atoms with E-state index in [4.69, 9.17) is 0 Å². The molecule has 0 radical (unpaired) electrons. The minimum Gasteiger partial charge on any atom is -0.448 e. The molecule has 0 amide bonds. The van der Waals surface area contributed by atoms with Gasteiger partial charge in [-0.3, -0.25) is 0 Å². The lowest BCUT2D eigenvalue weighted by Gasteiger charge is -2.46. The van der Waals surface area contributed by atoms with Gasteiger partial charge in [0.2, 0.25) is 0 Å². The second kappa shape index (κ2) is 4.49. The standard InChI is InChI=1S/C14H12F4O2S/c15-21(16,17,18,13-9-5-2-6-10-13)14(19)20-11-12-7-3-1-4-8-12/h1-10H,11H2. The highest BCUT2D eigenvalue weighted by molar-refractivity contribution is 8.60. The van der Waals surface area contributed by atoms with Gasteiger partial charge in [0.1, 0.15) is 6.61 Å². The highest BCUT2D eigenvalue weighted by atomic mass is 32.5. The van der Waals surface area contributed by atoms with Gasteiger partial charge in [0.25, 0.3) is 9.84 Å². The minimum absolute atomic E-state index is 0.340. The van der Waals surface area contributed by atoms with Gasteiger partial charge < -0.3 is 4.74 Å². The smallest absolute Gasteiger partial charge is 0.438 e. The zero-order chi connectivity index (χ0) is 15.6. The Morgan fingerprint density at radius 1 is 0.857 bits per heavy atom. The van der Waals surface area contributed by atoms with Crippen LogP contribution < -0.4 is 0 Å². The lowest BCUT2D eigenvalue weighted by atomic mass is 10.2. The number of hydrogen-bond acceptors (Lipinski definition) is 2. The molecular weight excluding hydrogens is 308 g/mol. The summed E-state index contributed by atoms with van der Waals surface area (Å²) in [6.07, 6.45) is 0. The van der Waals surface area contributed by atoms with E-state index in [1.54, 1.807) is 18.2 Å². The molecule has 2 aromatic rings. The first kappa shape index (κ1) is 15.4. The van der Waals surface area contributed by atoms with Gasteiger partial charge in [0, 0.05) is 0 Å². The van der Waals surface area contributed by atoms with Gasteiger partial charge in [-0.1, -0.05) is 48.5 Å². The molecule has 2 rings (SSSR count). The van der Waals surface area contributed by atoms with E-state index in [0.717, 1.165) is 12.1 Å². The van der Waals surface area contributed by atoms with Crippen molar-refractivity contribution in [3.63, 3.8) is 0 Å². The van der Waals surface area contributed by atoms with E-state index in [1.807, 2.05) is 0 Å². The molecule has 0 fully saturated rings. The fourth-order valence-corrected chi connectivity index (χ4v) is 2.82. The van der Waals surface area contributed by atoms with Crippen LogP contribution in [-0.4, -0.2) is 5.30 Å². The van der Waals surface area contributed by atoms with Gasteiger partial charge in [-0.05, 0) is 17.7 Å². The molecule has 0 aliphatic rings. The predicted octanol–water partition coefficient (Wildman–Crippen LogP) is 5.80. The summed E-state index contributed by atoms with van der Waals surface area (Å²) in [5.41, 5.74) is 0.340. The molecule has 7 heteroatoms. The van der Waals surface area contributed by atoms with Crippen molar-refractivity contribution in [2.45, 2.75) is 11.5 Å². The Hall–Kier alpha value is -2.02. The van der Waals surface area contributed by atoms with Crippen LogP contribution in [0.4, 0.5) is 20.3 Å². The summed E-state index contributed by atoms with van der Waals surface area (Å²) < 4.78 is 59.9. The summed E-state index contributed by atoms with van der Waals surface area (Å²) in [6.45, 7) is -0.645. The maximum atomic E-state index is 13.9. The number of carbonyl (C=O) groups is 1. The monoisotopic (exact) mass is 320 g/mol. The summed E-state index contributed by atoms with van der Waals surface area (Å²) in [5.74, 6) is 0. The van der Waals surface area contributed by atoms with E-state index < -0.39 is 26.6 Å². The van der Waals surface area contributed by atoms with E-state index in [9.17, 15) is 20.3 Å². The lowest BCUT2D eigenvalue weighted by molar-refractivity contribution is 0.156. The van der Waals surface area contributed by atoms with Crippen LogP contribution in [0.5, 0.6) is 0 Å². The molecule has 0 saturated carbocycles. The number of carbonyl (C=O) groups excluding carboxylic acids is 1. The number of ether oxygens (including phenoxy) is 1. The summed E-state index contributed by atoms with van der Waals surface area (Å²) >= 11 is 0. The van der Waals surface area contributed by atoms with E-state index in [0.29, 0.717) is 17.7 Å². The molecule has 0 atom stereocenters. The topological polar surface area (TPSA) is 26.3 Å². The van der Waals surface area contributed by atoms with Crippen LogP contribution in [0, 0.1) is 0 Å².